The van der Waals surface area contributed by atoms with E-state index in [0.29, 0.717) is 36.2 Å². The van der Waals surface area contributed by atoms with Crippen molar-refractivity contribution in [2.45, 2.75) is 18.8 Å². The molecule has 1 spiro atoms. The summed E-state index contributed by atoms with van der Waals surface area (Å²) in [6.07, 6.45) is 2.70. The summed E-state index contributed by atoms with van der Waals surface area (Å²) in [6.45, 7) is 0.107. The Morgan fingerprint density at radius 2 is 2.11 bits per heavy atom. The summed E-state index contributed by atoms with van der Waals surface area (Å²) in [6, 6.07) is 1.62. The van der Waals surface area contributed by atoms with Crippen molar-refractivity contribution < 1.29 is 8.78 Å². The van der Waals surface area contributed by atoms with Crippen molar-refractivity contribution in [3.05, 3.63) is 17.5 Å². The fraction of sp³-hybridized carbons (Fsp3) is 0.500. The number of hydrogen-bond donors (Lipinski definition) is 1. The number of anilines is 1. The second kappa shape index (κ2) is 3.36. The first-order valence-electron chi connectivity index (χ1n) is 6.13. The molecule has 1 saturated carbocycles. The largest absolute Gasteiger partial charge is 0.363 e. The van der Waals surface area contributed by atoms with Gasteiger partial charge in [-0.15, -0.1) is 0 Å². The standard InChI is InChI=1S/C12H11ClF2N4/c13-8-3-7(9-10(18-8)17-6-16-9)19-4-11(1-2-11)12(14,15)5-19/h3,6H,1-2,4-5H2,(H,16,17,18). The van der Waals surface area contributed by atoms with E-state index in [1.165, 1.54) is 6.33 Å². The Kier molecular flexibility index (Phi) is 2.02. The lowest BCUT2D eigenvalue weighted by molar-refractivity contribution is -0.0333. The lowest BCUT2D eigenvalue weighted by atomic mass is 10.0. The first kappa shape index (κ1) is 11.4. The minimum Gasteiger partial charge on any atom is -0.363 e. The summed E-state index contributed by atoms with van der Waals surface area (Å²) in [5, 5.41) is 0.273. The van der Waals surface area contributed by atoms with Crippen LogP contribution in [0.5, 0.6) is 0 Å². The zero-order valence-corrected chi connectivity index (χ0v) is 10.7. The van der Waals surface area contributed by atoms with Crippen LogP contribution in [0, 0.1) is 5.41 Å². The van der Waals surface area contributed by atoms with E-state index in [2.05, 4.69) is 15.0 Å². The minimum absolute atomic E-state index is 0.262. The van der Waals surface area contributed by atoms with Gasteiger partial charge < -0.3 is 9.88 Å². The van der Waals surface area contributed by atoms with Crippen LogP contribution in [0.25, 0.3) is 11.2 Å². The molecule has 4 rings (SSSR count). The normalized spacial score (nSPS) is 23.4. The SMILES string of the molecule is FC1(F)CN(c2cc(Cl)nc3nc[nH]c23)CC12CC2. The van der Waals surface area contributed by atoms with Gasteiger partial charge in [0.15, 0.2) is 5.65 Å². The van der Waals surface area contributed by atoms with Crippen molar-refractivity contribution in [2.75, 3.05) is 18.0 Å². The molecule has 0 atom stereocenters. The highest BCUT2D eigenvalue weighted by molar-refractivity contribution is 6.30. The zero-order valence-electron chi connectivity index (χ0n) is 9.96. The maximum Gasteiger partial charge on any atom is 0.272 e. The van der Waals surface area contributed by atoms with E-state index in [1.807, 2.05) is 0 Å². The molecule has 1 aliphatic heterocycles. The highest BCUT2D eigenvalue weighted by Crippen LogP contribution is 2.61. The number of hydrogen-bond acceptors (Lipinski definition) is 3. The maximum atomic E-state index is 14.0. The Labute approximate surface area is 112 Å². The molecule has 0 aromatic carbocycles. The molecule has 2 fully saturated rings. The molecule has 1 aliphatic carbocycles. The van der Waals surface area contributed by atoms with E-state index in [0.717, 1.165) is 0 Å². The third-order valence-electron chi connectivity index (χ3n) is 4.20. The molecular weight excluding hydrogens is 274 g/mol. The molecule has 3 heterocycles. The highest BCUT2D eigenvalue weighted by Gasteiger charge is 2.67. The van der Waals surface area contributed by atoms with Crippen molar-refractivity contribution >= 4 is 28.5 Å². The minimum atomic E-state index is -2.63. The van der Waals surface area contributed by atoms with Crippen LogP contribution in [-0.4, -0.2) is 34.0 Å². The first-order valence-corrected chi connectivity index (χ1v) is 6.51. The van der Waals surface area contributed by atoms with Crippen molar-refractivity contribution in [3.8, 4) is 0 Å². The summed E-state index contributed by atoms with van der Waals surface area (Å²) < 4.78 is 28.1. The average Bonchev–Trinajstić information content (AvgIpc) is 2.89. The Morgan fingerprint density at radius 3 is 2.79 bits per heavy atom. The predicted octanol–water partition coefficient (Wildman–Crippen LogP) is 2.85. The van der Waals surface area contributed by atoms with Gasteiger partial charge in [-0.1, -0.05) is 11.6 Å². The van der Waals surface area contributed by atoms with Gasteiger partial charge in [0.25, 0.3) is 5.92 Å². The molecule has 1 N–H and O–H groups in total. The number of nitrogens with zero attached hydrogens (tertiary/aromatic N) is 3. The molecule has 19 heavy (non-hydrogen) atoms. The summed E-state index contributed by atoms with van der Waals surface area (Å²) >= 11 is 5.94. The van der Waals surface area contributed by atoms with Crippen molar-refractivity contribution in [1.82, 2.24) is 15.0 Å². The fourth-order valence-electron chi connectivity index (χ4n) is 2.92. The van der Waals surface area contributed by atoms with Crippen molar-refractivity contribution in [2.24, 2.45) is 5.41 Å². The van der Waals surface area contributed by atoms with Gasteiger partial charge in [-0.2, -0.15) is 0 Å². The van der Waals surface area contributed by atoms with Gasteiger partial charge in [0.2, 0.25) is 0 Å². The molecule has 7 heteroatoms. The van der Waals surface area contributed by atoms with Crippen LogP contribution in [0.1, 0.15) is 12.8 Å². The van der Waals surface area contributed by atoms with E-state index < -0.39 is 11.3 Å². The molecule has 2 aromatic heterocycles. The van der Waals surface area contributed by atoms with Crippen LogP contribution >= 0.6 is 11.6 Å². The number of imidazole rings is 1. The summed E-state index contributed by atoms with van der Waals surface area (Å²) in [4.78, 5) is 12.7. The van der Waals surface area contributed by atoms with Gasteiger partial charge in [0.1, 0.15) is 10.7 Å². The summed E-state index contributed by atoms with van der Waals surface area (Å²) in [7, 11) is 0. The molecule has 1 saturated heterocycles. The van der Waals surface area contributed by atoms with Gasteiger partial charge >= 0.3 is 0 Å². The van der Waals surface area contributed by atoms with Gasteiger partial charge in [-0.05, 0) is 12.8 Å². The second-order valence-corrected chi connectivity index (χ2v) is 5.79. The summed E-state index contributed by atoms with van der Waals surface area (Å²) in [5.74, 6) is -2.63. The lowest BCUT2D eigenvalue weighted by Gasteiger charge is -2.18. The Bertz CT molecular complexity index is 659. The number of halogens is 3. The second-order valence-electron chi connectivity index (χ2n) is 5.41. The van der Waals surface area contributed by atoms with Gasteiger partial charge in [0, 0.05) is 12.6 Å². The molecule has 4 nitrogen and oxygen atoms in total. The zero-order chi connectivity index (χ0) is 13.3. The van der Waals surface area contributed by atoms with Crippen molar-refractivity contribution in [3.63, 3.8) is 0 Å². The highest BCUT2D eigenvalue weighted by atomic mass is 35.5. The molecule has 0 unspecified atom stereocenters. The number of rotatable bonds is 1. The smallest absolute Gasteiger partial charge is 0.272 e. The first-order chi connectivity index (χ1) is 9.01. The van der Waals surface area contributed by atoms with E-state index in [9.17, 15) is 8.78 Å². The van der Waals surface area contributed by atoms with Crippen LogP contribution in [0.15, 0.2) is 12.4 Å². The van der Waals surface area contributed by atoms with Crippen LogP contribution < -0.4 is 4.90 Å². The quantitative estimate of drug-likeness (QED) is 0.819. The number of pyridine rings is 1. The van der Waals surface area contributed by atoms with Crippen LogP contribution in [0.3, 0.4) is 0 Å². The molecule has 100 valence electrons. The van der Waals surface area contributed by atoms with Crippen LogP contribution in [0.4, 0.5) is 14.5 Å². The Morgan fingerprint density at radius 1 is 1.32 bits per heavy atom. The van der Waals surface area contributed by atoms with Crippen LogP contribution in [-0.2, 0) is 0 Å². The number of aromatic amines is 1. The van der Waals surface area contributed by atoms with Gasteiger partial charge in [-0.3, -0.25) is 0 Å². The van der Waals surface area contributed by atoms with E-state index in [4.69, 9.17) is 11.6 Å². The maximum absolute atomic E-state index is 14.0. The predicted molar refractivity (Wildman–Crippen MR) is 67.7 cm³/mol. The van der Waals surface area contributed by atoms with Crippen LogP contribution in [0.2, 0.25) is 5.15 Å². The van der Waals surface area contributed by atoms with E-state index in [1.54, 1.807) is 11.0 Å². The fourth-order valence-corrected chi connectivity index (χ4v) is 3.10. The third kappa shape index (κ3) is 1.49. The molecule has 2 aliphatic rings. The number of alkyl halides is 2. The van der Waals surface area contributed by atoms with Gasteiger partial charge in [-0.25, -0.2) is 18.7 Å². The van der Waals surface area contributed by atoms with E-state index in [-0.39, 0.29) is 11.7 Å². The molecular formula is C12H11ClF2N4. The number of nitrogens with one attached hydrogen (secondary N) is 1. The third-order valence-corrected chi connectivity index (χ3v) is 4.39. The number of fused-ring (bicyclic) bond motifs is 1. The Balaban J connectivity index is 1.81. The summed E-state index contributed by atoms with van der Waals surface area (Å²) in [5.41, 5.74) is 0.964. The Hall–Kier alpha value is -1.43. The molecule has 0 radical (unpaired) electrons. The van der Waals surface area contributed by atoms with Crippen molar-refractivity contribution in [1.29, 1.82) is 0 Å². The lowest BCUT2D eigenvalue weighted by Crippen LogP contribution is -2.28. The van der Waals surface area contributed by atoms with Gasteiger partial charge in [0.05, 0.1) is 24.0 Å². The molecule has 0 bridgehead atoms. The van der Waals surface area contributed by atoms with E-state index >= 15 is 0 Å². The number of H-pyrrole nitrogens is 1. The number of aromatic nitrogens is 3. The topological polar surface area (TPSA) is 44.8 Å². The molecule has 2 aromatic rings. The monoisotopic (exact) mass is 284 g/mol. The molecule has 0 amide bonds. The average molecular weight is 285 g/mol.